The van der Waals surface area contributed by atoms with Crippen molar-refractivity contribution in [2.24, 2.45) is 0 Å². The van der Waals surface area contributed by atoms with Crippen molar-refractivity contribution in [1.29, 1.82) is 0 Å². The first-order chi connectivity index (χ1) is 20.5. The number of nitrogens with zero attached hydrogens (tertiary/aromatic N) is 2. The number of esters is 1. The summed E-state index contributed by atoms with van der Waals surface area (Å²) in [6.45, 7) is 0.934. The van der Waals surface area contributed by atoms with Crippen molar-refractivity contribution in [3.05, 3.63) is 105 Å². The number of methoxy groups -OCH3 is 1. The summed E-state index contributed by atoms with van der Waals surface area (Å²) in [5.74, 6) is -1.36. The first kappa shape index (κ1) is 30.2. The number of piperidine rings is 1. The Morgan fingerprint density at radius 3 is 2.30 bits per heavy atom. The first-order valence-corrected chi connectivity index (χ1v) is 14.5. The van der Waals surface area contributed by atoms with Crippen LogP contribution in [-0.2, 0) is 10.9 Å². The second-order valence-electron chi connectivity index (χ2n) is 9.89. The van der Waals surface area contributed by atoms with Crippen LogP contribution in [0.3, 0.4) is 0 Å². The van der Waals surface area contributed by atoms with Gasteiger partial charge < -0.3 is 15.0 Å². The Morgan fingerprint density at radius 2 is 1.67 bits per heavy atom. The predicted octanol–water partition coefficient (Wildman–Crippen LogP) is 7.54. The summed E-state index contributed by atoms with van der Waals surface area (Å²) in [5.41, 5.74) is 1.95. The summed E-state index contributed by atoms with van der Waals surface area (Å²) in [6.07, 6.45) is -3.32. The average Bonchev–Trinajstić information content (AvgIpc) is 3.49. The lowest BCUT2D eigenvalue weighted by molar-refractivity contribution is -0.137. The van der Waals surface area contributed by atoms with Gasteiger partial charge in [0.2, 0.25) is 0 Å². The van der Waals surface area contributed by atoms with E-state index in [1.165, 1.54) is 25.3 Å². The normalized spacial score (nSPS) is 13.9. The van der Waals surface area contributed by atoms with Gasteiger partial charge in [0.25, 0.3) is 11.8 Å². The Labute approximate surface area is 254 Å². The molecule has 0 spiro atoms. The minimum Gasteiger partial charge on any atom is -0.465 e. The van der Waals surface area contributed by atoms with Crippen LogP contribution in [0.15, 0.2) is 72.8 Å². The minimum atomic E-state index is -4.72. The molecule has 0 bridgehead atoms. The lowest BCUT2D eigenvalue weighted by Gasteiger charge is -2.32. The van der Waals surface area contributed by atoms with Crippen LogP contribution in [-0.4, -0.2) is 47.9 Å². The second kappa shape index (κ2) is 12.6. The number of rotatable bonds is 6. The van der Waals surface area contributed by atoms with E-state index < -0.39 is 23.1 Å². The minimum absolute atomic E-state index is 0.0819. The van der Waals surface area contributed by atoms with E-state index in [0.717, 1.165) is 5.56 Å². The summed E-state index contributed by atoms with van der Waals surface area (Å²) in [6, 6.07) is 19.8. The highest BCUT2D eigenvalue weighted by atomic mass is 35.5. The van der Waals surface area contributed by atoms with Gasteiger partial charge >= 0.3 is 12.1 Å². The van der Waals surface area contributed by atoms with Crippen molar-refractivity contribution in [2.75, 3.05) is 25.5 Å². The topological polar surface area (TPSA) is 88.6 Å². The van der Waals surface area contributed by atoms with E-state index in [9.17, 15) is 27.6 Å². The van der Waals surface area contributed by atoms with Gasteiger partial charge in [-0.2, -0.15) is 13.2 Å². The third kappa shape index (κ3) is 6.73. The molecule has 3 aromatic carbocycles. The molecular formula is C31H25ClF3N3O4S. The number of ether oxygens (including phenoxy) is 1. The number of thiazole rings is 1. The van der Waals surface area contributed by atoms with Crippen molar-refractivity contribution in [2.45, 2.75) is 24.9 Å². The number of halogens is 4. The molecule has 2 heterocycles. The standard InChI is InChI=1S/C31H25ClF3N3O4S/c1-42-29(41)21-9-7-18(8-10-21)19-13-15-38(16-14-19)28(40)23-17-22(11-12-24(23)32)36-27(39)25-26(20-5-3-2-4-6-20)43-30(37-25)31(33,34)35/h2-12,17,19H,13-16H2,1H3,(H,36,39). The Kier molecular flexibility index (Phi) is 8.84. The number of aromatic nitrogens is 1. The molecule has 1 aromatic heterocycles. The van der Waals surface area contributed by atoms with Gasteiger partial charge in [0.15, 0.2) is 5.01 Å². The summed E-state index contributed by atoms with van der Waals surface area (Å²) in [4.78, 5) is 43.7. The number of benzene rings is 3. The molecule has 222 valence electrons. The number of carbonyl (C=O) groups excluding carboxylic acids is 3. The van der Waals surface area contributed by atoms with Crippen LogP contribution in [0.1, 0.15) is 60.5 Å². The van der Waals surface area contributed by atoms with Gasteiger partial charge in [-0.3, -0.25) is 9.59 Å². The van der Waals surface area contributed by atoms with E-state index in [0.29, 0.717) is 48.4 Å². The zero-order chi connectivity index (χ0) is 30.7. The number of carbonyl (C=O) groups is 3. The lowest BCUT2D eigenvalue weighted by Crippen LogP contribution is -2.38. The van der Waals surface area contributed by atoms with Crippen LogP contribution in [0.2, 0.25) is 5.02 Å². The SMILES string of the molecule is COC(=O)c1ccc(C2CCN(C(=O)c3cc(NC(=O)c4nc(C(F)(F)F)sc4-c4ccccc4)ccc3Cl)CC2)cc1. The van der Waals surface area contributed by atoms with Gasteiger partial charge in [-0.15, -0.1) is 11.3 Å². The fourth-order valence-electron chi connectivity index (χ4n) is 4.93. The molecule has 0 radical (unpaired) electrons. The quantitative estimate of drug-likeness (QED) is 0.223. The molecule has 0 saturated carbocycles. The molecule has 0 aliphatic carbocycles. The van der Waals surface area contributed by atoms with Gasteiger partial charge in [0.1, 0.15) is 5.69 Å². The van der Waals surface area contributed by atoms with E-state index in [4.69, 9.17) is 16.3 Å². The number of hydrogen-bond acceptors (Lipinski definition) is 6. The fourth-order valence-corrected chi connectivity index (χ4v) is 6.07. The zero-order valence-corrected chi connectivity index (χ0v) is 24.4. The molecule has 12 heteroatoms. The van der Waals surface area contributed by atoms with Gasteiger partial charge in [-0.25, -0.2) is 9.78 Å². The third-order valence-corrected chi connectivity index (χ3v) is 8.64. The summed E-state index contributed by atoms with van der Waals surface area (Å²) in [5, 5.41) is 1.63. The highest BCUT2D eigenvalue weighted by Gasteiger charge is 2.37. The van der Waals surface area contributed by atoms with Crippen molar-refractivity contribution in [3.63, 3.8) is 0 Å². The van der Waals surface area contributed by atoms with Crippen LogP contribution < -0.4 is 5.32 Å². The Hall–Kier alpha value is -4.22. The number of likely N-dealkylation sites (tertiary alicyclic amines) is 1. The molecule has 7 nitrogen and oxygen atoms in total. The van der Waals surface area contributed by atoms with Crippen molar-refractivity contribution >= 4 is 46.4 Å². The Bertz CT molecular complexity index is 1650. The molecule has 2 amide bonds. The molecule has 43 heavy (non-hydrogen) atoms. The van der Waals surface area contributed by atoms with E-state index in [2.05, 4.69) is 10.3 Å². The molecule has 1 saturated heterocycles. The monoisotopic (exact) mass is 627 g/mol. The van der Waals surface area contributed by atoms with Gasteiger partial charge in [0, 0.05) is 18.8 Å². The smallest absolute Gasteiger partial charge is 0.443 e. The number of anilines is 1. The Morgan fingerprint density at radius 1 is 1.00 bits per heavy atom. The van der Waals surface area contributed by atoms with E-state index in [-0.39, 0.29) is 38.7 Å². The molecule has 1 aliphatic heterocycles. The average molecular weight is 628 g/mol. The first-order valence-electron chi connectivity index (χ1n) is 13.3. The molecule has 1 fully saturated rings. The maximum Gasteiger partial charge on any atom is 0.443 e. The molecule has 1 N–H and O–H groups in total. The lowest BCUT2D eigenvalue weighted by atomic mass is 9.88. The molecule has 0 unspecified atom stereocenters. The maximum absolute atomic E-state index is 13.5. The molecule has 5 rings (SSSR count). The van der Waals surface area contributed by atoms with Crippen LogP contribution in [0.5, 0.6) is 0 Å². The van der Waals surface area contributed by atoms with Gasteiger partial charge in [-0.1, -0.05) is 54.1 Å². The second-order valence-corrected chi connectivity index (χ2v) is 11.3. The van der Waals surface area contributed by atoms with Crippen LogP contribution in [0, 0.1) is 0 Å². The number of hydrogen-bond donors (Lipinski definition) is 1. The molecular weight excluding hydrogens is 603 g/mol. The zero-order valence-electron chi connectivity index (χ0n) is 22.8. The highest BCUT2D eigenvalue weighted by molar-refractivity contribution is 7.15. The van der Waals surface area contributed by atoms with Crippen molar-refractivity contribution < 1.29 is 32.3 Å². The van der Waals surface area contributed by atoms with Crippen molar-refractivity contribution in [1.82, 2.24) is 9.88 Å². The summed E-state index contributed by atoms with van der Waals surface area (Å²) >= 11 is 6.76. The van der Waals surface area contributed by atoms with E-state index in [1.807, 2.05) is 12.1 Å². The fraction of sp³-hybridized carbons (Fsp3) is 0.226. The summed E-state index contributed by atoms with van der Waals surface area (Å²) in [7, 11) is 1.33. The van der Waals surface area contributed by atoms with Crippen LogP contribution in [0.25, 0.3) is 10.4 Å². The third-order valence-electron chi connectivity index (χ3n) is 7.16. The van der Waals surface area contributed by atoms with Gasteiger partial charge in [-0.05, 0) is 60.2 Å². The number of alkyl halides is 3. The highest BCUT2D eigenvalue weighted by Crippen LogP contribution is 2.39. The van der Waals surface area contributed by atoms with E-state index >= 15 is 0 Å². The predicted molar refractivity (Wildman–Crippen MR) is 158 cm³/mol. The largest absolute Gasteiger partial charge is 0.465 e. The van der Waals surface area contributed by atoms with Crippen LogP contribution >= 0.6 is 22.9 Å². The molecule has 4 aromatic rings. The number of amides is 2. The molecule has 1 aliphatic rings. The van der Waals surface area contributed by atoms with Crippen molar-refractivity contribution in [3.8, 4) is 10.4 Å². The molecule has 0 atom stereocenters. The van der Waals surface area contributed by atoms with E-state index in [1.54, 1.807) is 47.4 Å². The van der Waals surface area contributed by atoms with Gasteiger partial charge in [0.05, 0.1) is 28.1 Å². The Balaban J connectivity index is 1.30. The number of nitrogens with one attached hydrogen (secondary N) is 1. The van der Waals surface area contributed by atoms with Crippen LogP contribution in [0.4, 0.5) is 18.9 Å². The summed E-state index contributed by atoms with van der Waals surface area (Å²) < 4.78 is 45.2. The maximum atomic E-state index is 13.5.